The highest BCUT2D eigenvalue weighted by Crippen LogP contribution is 2.34. The average molecular weight is 488 g/mol. The van der Waals surface area contributed by atoms with Crippen molar-refractivity contribution in [3.63, 3.8) is 0 Å². The van der Waals surface area contributed by atoms with Gasteiger partial charge < -0.3 is 18.9 Å². The minimum atomic E-state index is -2.92. The van der Waals surface area contributed by atoms with Gasteiger partial charge in [0.1, 0.15) is 16.4 Å². The minimum absolute atomic E-state index is 0.0140. The molecule has 4 aromatic rings. The minimum Gasteiger partial charge on any atom is -0.490 e. The molecule has 0 aliphatic heterocycles. The second-order valence-corrected chi connectivity index (χ2v) is 8.91. The molecule has 1 saturated carbocycles. The molecule has 0 spiro atoms. The van der Waals surface area contributed by atoms with Gasteiger partial charge in [0, 0.05) is 23.5 Å². The summed E-state index contributed by atoms with van der Waals surface area (Å²) in [6, 6.07) is 8.96. The molecular formula is C24H23F2N3O4S. The molecule has 0 radical (unpaired) electrons. The van der Waals surface area contributed by atoms with Gasteiger partial charge in [-0.1, -0.05) is 6.07 Å². The van der Waals surface area contributed by atoms with E-state index in [1.807, 2.05) is 11.4 Å². The first-order valence-electron chi connectivity index (χ1n) is 11.0. The molecule has 5 rings (SSSR count). The molecule has 0 saturated heterocycles. The van der Waals surface area contributed by atoms with Crippen molar-refractivity contribution < 1.29 is 22.7 Å². The van der Waals surface area contributed by atoms with Gasteiger partial charge >= 0.3 is 6.61 Å². The lowest BCUT2D eigenvalue weighted by atomic mass is 10.1. The van der Waals surface area contributed by atoms with Crippen LogP contribution in [0.1, 0.15) is 31.2 Å². The average Bonchev–Trinajstić information content (AvgIpc) is 3.32. The molecule has 0 unspecified atom stereocenters. The summed E-state index contributed by atoms with van der Waals surface area (Å²) < 4.78 is 40.9. The molecule has 34 heavy (non-hydrogen) atoms. The van der Waals surface area contributed by atoms with Gasteiger partial charge in [-0.05, 0) is 49.6 Å². The van der Waals surface area contributed by atoms with Crippen LogP contribution in [-0.4, -0.2) is 34.1 Å². The first kappa shape index (κ1) is 22.5. The van der Waals surface area contributed by atoms with Gasteiger partial charge in [-0.15, -0.1) is 11.3 Å². The van der Waals surface area contributed by atoms with Crippen LogP contribution in [0.2, 0.25) is 0 Å². The number of alkyl halides is 2. The summed E-state index contributed by atoms with van der Waals surface area (Å²) in [5.41, 5.74) is 1.44. The van der Waals surface area contributed by atoms with E-state index in [9.17, 15) is 13.6 Å². The Morgan fingerprint density at radius 1 is 1.26 bits per heavy atom. The fraction of sp³-hybridized carbons (Fsp3) is 0.333. The van der Waals surface area contributed by atoms with E-state index in [0.29, 0.717) is 47.5 Å². The number of halogens is 2. The van der Waals surface area contributed by atoms with E-state index in [0.717, 1.165) is 24.0 Å². The Hall–Kier alpha value is -3.24. The maximum atomic E-state index is 12.9. The number of fused-ring (bicyclic) bond motifs is 1. The zero-order valence-electron chi connectivity index (χ0n) is 18.4. The van der Waals surface area contributed by atoms with Crippen LogP contribution in [-0.2, 0) is 13.1 Å². The molecule has 1 aromatic carbocycles. The van der Waals surface area contributed by atoms with Crippen molar-refractivity contribution in [1.29, 1.82) is 0 Å². The second-order valence-electron chi connectivity index (χ2n) is 8.05. The molecule has 7 nitrogen and oxygen atoms in total. The van der Waals surface area contributed by atoms with Crippen LogP contribution in [0, 0.1) is 0 Å². The first-order chi connectivity index (χ1) is 16.5. The highest BCUT2D eigenvalue weighted by Gasteiger charge is 2.30. The van der Waals surface area contributed by atoms with Gasteiger partial charge in [-0.3, -0.25) is 9.69 Å². The smallest absolute Gasteiger partial charge is 0.387 e. The number of furan rings is 1. The van der Waals surface area contributed by atoms with Crippen molar-refractivity contribution in [1.82, 2.24) is 14.9 Å². The summed E-state index contributed by atoms with van der Waals surface area (Å²) in [4.78, 5) is 23.4. The predicted molar refractivity (Wildman–Crippen MR) is 124 cm³/mol. The summed E-state index contributed by atoms with van der Waals surface area (Å²) in [6.07, 6.45) is 3.68. The van der Waals surface area contributed by atoms with Gasteiger partial charge in [0.25, 0.3) is 5.56 Å². The Kier molecular flexibility index (Phi) is 6.34. The van der Waals surface area contributed by atoms with Gasteiger partial charge in [-0.25, -0.2) is 4.98 Å². The molecule has 1 aliphatic rings. The third kappa shape index (κ3) is 4.83. The second kappa shape index (κ2) is 9.55. The van der Waals surface area contributed by atoms with Gasteiger partial charge in [0.2, 0.25) is 0 Å². The Morgan fingerprint density at radius 2 is 2.12 bits per heavy atom. The van der Waals surface area contributed by atoms with Crippen LogP contribution >= 0.6 is 11.3 Å². The van der Waals surface area contributed by atoms with Crippen LogP contribution in [0.3, 0.4) is 0 Å². The predicted octanol–water partition coefficient (Wildman–Crippen LogP) is 5.41. The maximum absolute atomic E-state index is 12.9. The van der Waals surface area contributed by atoms with Gasteiger partial charge in [0.05, 0.1) is 24.8 Å². The van der Waals surface area contributed by atoms with Crippen LogP contribution in [0.15, 0.2) is 51.2 Å². The highest BCUT2D eigenvalue weighted by molar-refractivity contribution is 7.17. The molecule has 0 atom stereocenters. The first-order valence-corrected chi connectivity index (χ1v) is 11.9. The SMILES string of the molecule is CCOc1cc(CN(Cc2nc3scc(-c4ccco4)c3c(=O)[nH]2)C2CC2)ccc1OC(F)F. The Balaban J connectivity index is 1.39. The molecule has 1 aliphatic carbocycles. The number of rotatable bonds is 10. The number of ether oxygens (including phenoxy) is 2. The summed E-state index contributed by atoms with van der Waals surface area (Å²) in [5.74, 6) is 1.52. The molecular weight excluding hydrogens is 464 g/mol. The Labute approximate surface area is 197 Å². The Morgan fingerprint density at radius 3 is 2.82 bits per heavy atom. The normalized spacial score (nSPS) is 13.8. The number of nitrogens with zero attached hydrogens (tertiary/aromatic N) is 2. The maximum Gasteiger partial charge on any atom is 0.387 e. The molecule has 1 N–H and O–H groups in total. The number of nitrogens with one attached hydrogen (secondary N) is 1. The number of hydrogen-bond donors (Lipinski definition) is 1. The van der Waals surface area contributed by atoms with Gasteiger partial charge in [-0.2, -0.15) is 8.78 Å². The van der Waals surface area contributed by atoms with E-state index in [1.54, 1.807) is 31.4 Å². The number of benzene rings is 1. The number of H-pyrrole nitrogens is 1. The lowest BCUT2D eigenvalue weighted by Crippen LogP contribution is -2.27. The Bertz CT molecular complexity index is 1330. The summed E-state index contributed by atoms with van der Waals surface area (Å²) >= 11 is 1.41. The number of aromatic nitrogens is 2. The molecule has 178 valence electrons. The monoisotopic (exact) mass is 487 g/mol. The summed E-state index contributed by atoms with van der Waals surface area (Å²) in [5, 5.41) is 2.41. The van der Waals surface area contributed by atoms with Crippen molar-refractivity contribution in [3.8, 4) is 22.8 Å². The van der Waals surface area contributed by atoms with Crippen LogP contribution in [0.4, 0.5) is 8.78 Å². The number of hydrogen-bond acceptors (Lipinski definition) is 7. The summed E-state index contributed by atoms with van der Waals surface area (Å²) in [6.45, 7) is 0.222. The van der Waals surface area contributed by atoms with Gasteiger partial charge in [0.15, 0.2) is 11.5 Å². The zero-order valence-corrected chi connectivity index (χ0v) is 19.2. The molecule has 10 heteroatoms. The topological polar surface area (TPSA) is 80.6 Å². The van der Waals surface area contributed by atoms with Crippen molar-refractivity contribution in [3.05, 3.63) is 63.7 Å². The molecule has 0 bridgehead atoms. The largest absolute Gasteiger partial charge is 0.490 e. The van der Waals surface area contributed by atoms with Crippen molar-refractivity contribution in [2.45, 2.75) is 45.5 Å². The fourth-order valence-corrected chi connectivity index (χ4v) is 4.92. The third-order valence-corrected chi connectivity index (χ3v) is 6.48. The van der Waals surface area contributed by atoms with E-state index in [2.05, 4.69) is 14.6 Å². The lowest BCUT2D eigenvalue weighted by Gasteiger charge is -2.22. The molecule has 1 fully saturated rings. The van der Waals surface area contributed by atoms with Crippen molar-refractivity contribution in [2.24, 2.45) is 0 Å². The van der Waals surface area contributed by atoms with E-state index < -0.39 is 6.61 Å². The molecule has 3 aromatic heterocycles. The van der Waals surface area contributed by atoms with E-state index in [4.69, 9.17) is 14.1 Å². The fourth-order valence-electron chi connectivity index (χ4n) is 3.97. The quantitative estimate of drug-likeness (QED) is 0.322. The van der Waals surface area contributed by atoms with Crippen molar-refractivity contribution >= 4 is 21.6 Å². The molecule has 0 amide bonds. The molecule has 3 heterocycles. The summed E-state index contributed by atoms with van der Waals surface area (Å²) in [7, 11) is 0. The van der Waals surface area contributed by atoms with Crippen LogP contribution in [0.5, 0.6) is 11.5 Å². The number of aromatic amines is 1. The standard InChI is InChI=1S/C24H23F2N3O4S/c1-2-31-19-10-14(5-8-18(19)33-24(25)26)11-29(15-6-7-15)12-20-27-22(30)21-16(13-34-23(21)28-20)17-4-3-9-32-17/h3-5,8-10,13,15,24H,2,6-7,11-12H2,1H3,(H,27,28,30). The highest BCUT2D eigenvalue weighted by atomic mass is 32.1. The third-order valence-electron chi connectivity index (χ3n) is 5.61. The van der Waals surface area contributed by atoms with E-state index in [1.165, 1.54) is 17.4 Å². The number of thiophene rings is 1. The van der Waals surface area contributed by atoms with Crippen LogP contribution in [0.25, 0.3) is 21.5 Å². The van der Waals surface area contributed by atoms with Crippen molar-refractivity contribution in [2.75, 3.05) is 6.61 Å². The lowest BCUT2D eigenvalue weighted by molar-refractivity contribution is -0.0514. The van der Waals surface area contributed by atoms with E-state index >= 15 is 0 Å². The zero-order chi connectivity index (χ0) is 23.7. The van der Waals surface area contributed by atoms with E-state index in [-0.39, 0.29) is 17.1 Å². The van der Waals surface area contributed by atoms with Crippen LogP contribution < -0.4 is 15.0 Å².